The number of ether oxygens (including phenoxy) is 1. The van der Waals surface area contributed by atoms with Crippen molar-refractivity contribution in [1.82, 2.24) is 14.3 Å². The predicted molar refractivity (Wildman–Crippen MR) is 100 cm³/mol. The standard InChI is InChI=1S/C19H24ClN3O3/c1-2-26-17(24)13-23-19(25)22(12-14-6-4-3-5-7-14)18(21-23)15-8-10-16(20)11-9-15/h8-11,14H,2-7,12-13H2,1H3. The van der Waals surface area contributed by atoms with Gasteiger partial charge < -0.3 is 4.74 Å². The van der Waals surface area contributed by atoms with E-state index >= 15 is 0 Å². The molecule has 1 saturated carbocycles. The number of aromatic nitrogens is 3. The Morgan fingerprint density at radius 1 is 1.23 bits per heavy atom. The number of carbonyl (C=O) groups is 1. The van der Waals surface area contributed by atoms with Crippen LogP contribution >= 0.6 is 11.6 Å². The molecular weight excluding hydrogens is 354 g/mol. The third kappa shape index (κ3) is 4.36. The lowest BCUT2D eigenvalue weighted by atomic mass is 9.89. The molecule has 0 unspecified atom stereocenters. The summed E-state index contributed by atoms with van der Waals surface area (Å²) in [4.78, 5) is 24.7. The van der Waals surface area contributed by atoms with Gasteiger partial charge in [-0.2, -0.15) is 0 Å². The number of halogens is 1. The van der Waals surface area contributed by atoms with Crippen LogP contribution in [0.2, 0.25) is 5.02 Å². The van der Waals surface area contributed by atoms with Crippen molar-refractivity contribution >= 4 is 17.6 Å². The average Bonchev–Trinajstić information content (AvgIpc) is 2.93. The maximum atomic E-state index is 12.9. The molecule has 1 heterocycles. The van der Waals surface area contributed by atoms with Crippen molar-refractivity contribution in [1.29, 1.82) is 0 Å². The number of esters is 1. The first-order valence-corrected chi connectivity index (χ1v) is 9.55. The number of nitrogens with zero attached hydrogens (tertiary/aromatic N) is 3. The van der Waals surface area contributed by atoms with Crippen LogP contribution < -0.4 is 5.69 Å². The Morgan fingerprint density at radius 2 is 1.92 bits per heavy atom. The number of rotatable bonds is 6. The minimum absolute atomic E-state index is 0.176. The number of hydrogen-bond donors (Lipinski definition) is 0. The van der Waals surface area contributed by atoms with Crippen LogP contribution in [0.4, 0.5) is 0 Å². The van der Waals surface area contributed by atoms with Gasteiger partial charge in [0, 0.05) is 17.1 Å². The quantitative estimate of drug-likeness (QED) is 0.722. The van der Waals surface area contributed by atoms with Gasteiger partial charge in [0.25, 0.3) is 0 Å². The molecule has 7 heteroatoms. The molecule has 0 N–H and O–H groups in total. The van der Waals surface area contributed by atoms with Gasteiger partial charge >= 0.3 is 11.7 Å². The lowest BCUT2D eigenvalue weighted by Crippen LogP contribution is -2.30. The van der Waals surface area contributed by atoms with Crippen molar-refractivity contribution in [3.05, 3.63) is 39.8 Å². The van der Waals surface area contributed by atoms with Crippen molar-refractivity contribution in [2.45, 2.75) is 52.1 Å². The van der Waals surface area contributed by atoms with E-state index in [4.69, 9.17) is 16.3 Å². The zero-order chi connectivity index (χ0) is 18.5. The molecule has 1 aromatic heterocycles. The Bertz CT molecular complexity index is 804. The monoisotopic (exact) mass is 377 g/mol. The summed E-state index contributed by atoms with van der Waals surface area (Å²) in [5.41, 5.74) is 0.540. The molecule has 0 saturated heterocycles. The Labute approximate surface area is 157 Å². The third-order valence-corrected chi connectivity index (χ3v) is 5.03. The van der Waals surface area contributed by atoms with E-state index in [2.05, 4.69) is 5.10 Å². The summed E-state index contributed by atoms with van der Waals surface area (Å²) in [7, 11) is 0. The fourth-order valence-electron chi connectivity index (χ4n) is 3.48. The highest BCUT2D eigenvalue weighted by Crippen LogP contribution is 2.26. The minimum atomic E-state index is -0.459. The second-order valence-electron chi connectivity index (χ2n) is 6.69. The second kappa shape index (κ2) is 8.54. The highest BCUT2D eigenvalue weighted by molar-refractivity contribution is 6.30. The van der Waals surface area contributed by atoms with Crippen molar-refractivity contribution < 1.29 is 9.53 Å². The van der Waals surface area contributed by atoms with Crippen LogP contribution in [0.15, 0.2) is 29.1 Å². The molecule has 0 spiro atoms. The third-order valence-electron chi connectivity index (χ3n) is 4.77. The van der Waals surface area contributed by atoms with Crippen LogP contribution in [0.5, 0.6) is 0 Å². The van der Waals surface area contributed by atoms with Gasteiger partial charge in [0.1, 0.15) is 6.54 Å². The fraction of sp³-hybridized carbons (Fsp3) is 0.526. The van der Waals surface area contributed by atoms with E-state index in [0.29, 0.717) is 23.3 Å². The van der Waals surface area contributed by atoms with Gasteiger partial charge in [0.15, 0.2) is 5.82 Å². The van der Waals surface area contributed by atoms with Crippen LogP contribution in [0.25, 0.3) is 11.4 Å². The summed E-state index contributed by atoms with van der Waals surface area (Å²) in [6, 6.07) is 7.24. The van der Waals surface area contributed by atoms with Gasteiger partial charge in [0.2, 0.25) is 0 Å². The maximum Gasteiger partial charge on any atom is 0.346 e. The van der Waals surface area contributed by atoms with Crippen molar-refractivity contribution in [2.24, 2.45) is 5.92 Å². The van der Waals surface area contributed by atoms with E-state index in [1.54, 1.807) is 23.6 Å². The molecule has 0 radical (unpaired) electrons. The molecule has 1 aromatic carbocycles. The lowest BCUT2D eigenvalue weighted by molar-refractivity contribution is -0.144. The smallest absolute Gasteiger partial charge is 0.346 e. The molecule has 3 rings (SSSR count). The predicted octanol–water partition coefficient (Wildman–Crippen LogP) is 3.51. The molecular formula is C19H24ClN3O3. The summed E-state index contributed by atoms with van der Waals surface area (Å²) < 4.78 is 7.85. The highest BCUT2D eigenvalue weighted by atomic mass is 35.5. The molecule has 1 aliphatic carbocycles. The van der Waals surface area contributed by atoms with Crippen LogP contribution in [0, 0.1) is 5.92 Å². The van der Waals surface area contributed by atoms with Gasteiger partial charge in [-0.1, -0.05) is 30.9 Å². The summed E-state index contributed by atoms with van der Waals surface area (Å²) >= 11 is 5.98. The molecule has 26 heavy (non-hydrogen) atoms. The van der Waals surface area contributed by atoms with E-state index in [0.717, 1.165) is 18.4 Å². The average molecular weight is 378 g/mol. The van der Waals surface area contributed by atoms with Crippen LogP contribution in [-0.2, 0) is 22.6 Å². The Morgan fingerprint density at radius 3 is 2.58 bits per heavy atom. The van der Waals surface area contributed by atoms with Gasteiger partial charge in [-0.15, -0.1) is 5.10 Å². The largest absolute Gasteiger partial charge is 0.465 e. The number of carbonyl (C=O) groups excluding carboxylic acids is 1. The van der Waals surface area contributed by atoms with Crippen molar-refractivity contribution in [2.75, 3.05) is 6.61 Å². The number of hydrogen-bond acceptors (Lipinski definition) is 4. The second-order valence-corrected chi connectivity index (χ2v) is 7.13. The molecule has 1 fully saturated rings. The fourth-order valence-corrected chi connectivity index (χ4v) is 3.60. The lowest BCUT2D eigenvalue weighted by Gasteiger charge is -2.22. The highest BCUT2D eigenvalue weighted by Gasteiger charge is 2.21. The summed E-state index contributed by atoms with van der Waals surface area (Å²) in [5.74, 6) is 0.578. The molecule has 0 atom stereocenters. The topological polar surface area (TPSA) is 66.1 Å². The van der Waals surface area contributed by atoms with E-state index < -0.39 is 5.97 Å². The zero-order valence-electron chi connectivity index (χ0n) is 15.0. The van der Waals surface area contributed by atoms with E-state index in [1.807, 2.05) is 12.1 Å². The van der Waals surface area contributed by atoms with Gasteiger partial charge in [-0.05, 0) is 49.9 Å². The van der Waals surface area contributed by atoms with Gasteiger partial charge in [-0.3, -0.25) is 9.36 Å². The SMILES string of the molecule is CCOC(=O)Cn1nc(-c2ccc(Cl)cc2)n(CC2CCCCC2)c1=O. The first kappa shape index (κ1) is 18.7. The minimum Gasteiger partial charge on any atom is -0.465 e. The Kier molecular flexibility index (Phi) is 6.14. The number of benzene rings is 1. The van der Waals surface area contributed by atoms with Crippen molar-refractivity contribution in [3.8, 4) is 11.4 Å². The molecule has 0 amide bonds. The molecule has 2 aromatic rings. The summed E-state index contributed by atoms with van der Waals surface area (Å²) in [6.07, 6.45) is 5.90. The van der Waals surface area contributed by atoms with E-state index in [1.165, 1.54) is 23.9 Å². The normalized spacial score (nSPS) is 15.2. The molecule has 6 nitrogen and oxygen atoms in total. The zero-order valence-corrected chi connectivity index (χ0v) is 15.7. The molecule has 140 valence electrons. The van der Waals surface area contributed by atoms with Crippen LogP contribution in [-0.4, -0.2) is 26.9 Å². The van der Waals surface area contributed by atoms with E-state index in [-0.39, 0.29) is 18.8 Å². The molecule has 0 bridgehead atoms. The van der Waals surface area contributed by atoms with Crippen molar-refractivity contribution in [3.63, 3.8) is 0 Å². The summed E-state index contributed by atoms with van der Waals surface area (Å²) in [6.45, 7) is 2.46. The molecule has 1 aliphatic rings. The van der Waals surface area contributed by atoms with E-state index in [9.17, 15) is 9.59 Å². The van der Waals surface area contributed by atoms with Gasteiger partial charge in [0.05, 0.1) is 6.61 Å². The van der Waals surface area contributed by atoms with Crippen LogP contribution in [0.3, 0.4) is 0 Å². The Hall–Kier alpha value is -2.08. The maximum absolute atomic E-state index is 12.9. The van der Waals surface area contributed by atoms with Gasteiger partial charge in [-0.25, -0.2) is 9.48 Å². The Balaban J connectivity index is 1.95. The summed E-state index contributed by atoms with van der Waals surface area (Å²) in [5, 5.41) is 5.05. The molecule has 0 aliphatic heterocycles. The first-order chi connectivity index (χ1) is 12.6. The van der Waals surface area contributed by atoms with Crippen LogP contribution in [0.1, 0.15) is 39.0 Å². The first-order valence-electron chi connectivity index (χ1n) is 9.17.